The maximum absolute atomic E-state index is 15.1. The van der Waals surface area contributed by atoms with Gasteiger partial charge in [0.15, 0.2) is 23.2 Å². The third-order valence-electron chi connectivity index (χ3n) is 7.62. The van der Waals surface area contributed by atoms with Crippen LogP contribution in [0, 0.1) is 29.2 Å². The van der Waals surface area contributed by atoms with E-state index in [1.807, 2.05) is 0 Å². The molecule has 0 heterocycles. The molecule has 210 valence electrons. The van der Waals surface area contributed by atoms with E-state index in [1.165, 1.54) is 56.4 Å². The van der Waals surface area contributed by atoms with Gasteiger partial charge in [0.1, 0.15) is 0 Å². The SMILES string of the molecule is CCOc1ccc(-c2ccc(C3CCC(C=CCCCCCCCCCCF)CC3)c(F)c2F)c(F)c1F. The van der Waals surface area contributed by atoms with Crippen molar-refractivity contribution >= 4 is 0 Å². The molecule has 2 aromatic carbocycles. The summed E-state index contributed by atoms with van der Waals surface area (Å²) in [6.45, 7) is 1.61. The van der Waals surface area contributed by atoms with E-state index in [9.17, 15) is 13.2 Å². The maximum Gasteiger partial charge on any atom is 0.201 e. The van der Waals surface area contributed by atoms with Crippen molar-refractivity contribution < 1.29 is 26.7 Å². The van der Waals surface area contributed by atoms with E-state index in [4.69, 9.17) is 4.74 Å². The zero-order valence-corrected chi connectivity index (χ0v) is 22.5. The Morgan fingerprint density at radius 3 is 1.92 bits per heavy atom. The summed E-state index contributed by atoms with van der Waals surface area (Å²) >= 11 is 0. The molecule has 0 spiro atoms. The molecule has 1 aliphatic carbocycles. The van der Waals surface area contributed by atoms with E-state index >= 15 is 8.78 Å². The summed E-state index contributed by atoms with van der Waals surface area (Å²) in [6.07, 6.45) is 17.8. The van der Waals surface area contributed by atoms with Gasteiger partial charge in [-0.15, -0.1) is 0 Å². The molecule has 0 saturated heterocycles. The molecule has 3 rings (SSSR count). The average Bonchev–Trinajstić information content (AvgIpc) is 2.92. The van der Waals surface area contributed by atoms with Crippen LogP contribution in [0.5, 0.6) is 5.75 Å². The molecule has 0 aromatic heterocycles. The lowest BCUT2D eigenvalue weighted by Crippen LogP contribution is -2.14. The number of halogens is 5. The van der Waals surface area contributed by atoms with Gasteiger partial charge in [-0.25, -0.2) is 13.2 Å². The van der Waals surface area contributed by atoms with Crippen LogP contribution in [0.15, 0.2) is 36.4 Å². The van der Waals surface area contributed by atoms with Crippen LogP contribution in [0.3, 0.4) is 0 Å². The minimum absolute atomic E-state index is 0.0879. The Labute approximate surface area is 224 Å². The summed E-state index contributed by atoms with van der Waals surface area (Å²) in [5, 5.41) is 0. The van der Waals surface area contributed by atoms with Crippen LogP contribution in [0.1, 0.15) is 102 Å². The van der Waals surface area contributed by atoms with Crippen molar-refractivity contribution in [2.45, 2.75) is 96.3 Å². The maximum atomic E-state index is 15.1. The number of allylic oxidation sites excluding steroid dienone is 2. The van der Waals surface area contributed by atoms with Crippen molar-refractivity contribution in [1.82, 2.24) is 0 Å². The Morgan fingerprint density at radius 2 is 1.29 bits per heavy atom. The van der Waals surface area contributed by atoms with E-state index in [1.54, 1.807) is 6.92 Å². The summed E-state index contributed by atoms with van der Waals surface area (Å²) in [4.78, 5) is 0. The zero-order chi connectivity index (χ0) is 27.3. The van der Waals surface area contributed by atoms with Gasteiger partial charge < -0.3 is 4.74 Å². The third kappa shape index (κ3) is 8.31. The van der Waals surface area contributed by atoms with E-state index in [0.29, 0.717) is 17.9 Å². The minimum Gasteiger partial charge on any atom is -0.491 e. The lowest BCUT2D eigenvalue weighted by Gasteiger charge is -2.27. The molecule has 0 radical (unpaired) electrons. The van der Waals surface area contributed by atoms with Crippen molar-refractivity contribution in [3.8, 4) is 16.9 Å². The first-order valence-corrected chi connectivity index (χ1v) is 14.3. The summed E-state index contributed by atoms with van der Waals surface area (Å²) < 4.78 is 76.0. The van der Waals surface area contributed by atoms with Crippen LogP contribution in [0.25, 0.3) is 11.1 Å². The lowest BCUT2D eigenvalue weighted by atomic mass is 9.78. The minimum atomic E-state index is -1.25. The molecule has 0 N–H and O–H groups in total. The van der Waals surface area contributed by atoms with Crippen LogP contribution in [0.4, 0.5) is 22.0 Å². The summed E-state index contributed by atoms with van der Waals surface area (Å²) in [7, 11) is 0. The third-order valence-corrected chi connectivity index (χ3v) is 7.62. The molecule has 38 heavy (non-hydrogen) atoms. The molecule has 0 aliphatic heterocycles. The molecule has 1 fully saturated rings. The van der Waals surface area contributed by atoms with Gasteiger partial charge >= 0.3 is 0 Å². The van der Waals surface area contributed by atoms with Gasteiger partial charge in [-0.1, -0.05) is 62.8 Å². The fourth-order valence-electron chi connectivity index (χ4n) is 5.42. The van der Waals surface area contributed by atoms with Crippen molar-refractivity contribution in [1.29, 1.82) is 0 Å². The molecule has 0 bridgehead atoms. The quantitative estimate of drug-likeness (QED) is 0.125. The fourth-order valence-corrected chi connectivity index (χ4v) is 5.42. The second-order valence-corrected chi connectivity index (χ2v) is 10.3. The summed E-state index contributed by atoms with van der Waals surface area (Å²) in [6, 6.07) is 5.32. The van der Waals surface area contributed by atoms with E-state index in [2.05, 4.69) is 12.2 Å². The number of rotatable bonds is 15. The van der Waals surface area contributed by atoms with Gasteiger partial charge in [-0.05, 0) is 81.4 Å². The Balaban J connectivity index is 1.47. The highest BCUT2D eigenvalue weighted by molar-refractivity contribution is 5.66. The molecule has 0 amide bonds. The van der Waals surface area contributed by atoms with Gasteiger partial charge in [-0.3, -0.25) is 4.39 Å². The van der Waals surface area contributed by atoms with Crippen LogP contribution >= 0.6 is 0 Å². The van der Waals surface area contributed by atoms with Gasteiger partial charge in [-0.2, -0.15) is 4.39 Å². The van der Waals surface area contributed by atoms with Gasteiger partial charge in [0.2, 0.25) is 5.82 Å². The monoisotopic (exact) mass is 536 g/mol. The number of alkyl halides is 1. The van der Waals surface area contributed by atoms with Gasteiger partial charge in [0.25, 0.3) is 0 Å². The van der Waals surface area contributed by atoms with Crippen molar-refractivity contribution in [3.05, 3.63) is 65.2 Å². The first-order chi connectivity index (χ1) is 18.5. The Kier molecular flexibility index (Phi) is 12.6. The molecule has 2 aromatic rings. The molecule has 1 aliphatic rings. The molecule has 1 nitrogen and oxygen atoms in total. The predicted octanol–water partition coefficient (Wildman–Crippen LogP) is 10.6. The van der Waals surface area contributed by atoms with Crippen LogP contribution < -0.4 is 4.74 Å². The Morgan fingerprint density at radius 1 is 0.711 bits per heavy atom. The van der Waals surface area contributed by atoms with E-state index < -0.39 is 23.3 Å². The van der Waals surface area contributed by atoms with Crippen molar-refractivity contribution in [3.63, 3.8) is 0 Å². The standard InChI is InChI=1S/C32H41F5O/c1-2-38-28-21-20-27(31(36)32(28)37)26-19-18-25(29(34)30(26)35)24-16-14-23(15-17-24)13-11-9-7-5-3-4-6-8-10-12-22-33/h11,13,18-21,23-24H,2-10,12,14-17,22H2,1H3. The number of ether oxygens (including phenoxy) is 1. The van der Waals surface area contributed by atoms with E-state index in [0.717, 1.165) is 44.9 Å². The summed E-state index contributed by atoms with van der Waals surface area (Å²) in [5.41, 5.74) is -0.305. The van der Waals surface area contributed by atoms with Crippen LogP contribution in [-0.4, -0.2) is 13.3 Å². The van der Waals surface area contributed by atoms with Gasteiger partial charge in [0.05, 0.1) is 13.3 Å². The molecule has 0 atom stereocenters. The number of hydrogen-bond acceptors (Lipinski definition) is 1. The second kappa shape index (κ2) is 15.9. The topological polar surface area (TPSA) is 9.23 Å². The highest BCUT2D eigenvalue weighted by atomic mass is 19.2. The summed E-state index contributed by atoms with van der Waals surface area (Å²) in [5.74, 6) is -4.47. The number of hydrogen-bond donors (Lipinski definition) is 0. The van der Waals surface area contributed by atoms with E-state index in [-0.39, 0.29) is 36.1 Å². The normalized spacial score (nSPS) is 17.8. The van der Waals surface area contributed by atoms with Gasteiger partial charge in [0, 0.05) is 11.1 Å². The Bertz CT molecular complexity index is 1030. The molecule has 6 heteroatoms. The number of benzene rings is 2. The largest absolute Gasteiger partial charge is 0.491 e. The predicted molar refractivity (Wildman–Crippen MR) is 144 cm³/mol. The molecule has 0 unspecified atom stereocenters. The highest BCUT2D eigenvalue weighted by Crippen LogP contribution is 2.40. The fraction of sp³-hybridized carbons (Fsp3) is 0.562. The van der Waals surface area contributed by atoms with Crippen LogP contribution in [0.2, 0.25) is 0 Å². The highest BCUT2D eigenvalue weighted by Gasteiger charge is 2.27. The lowest BCUT2D eigenvalue weighted by molar-refractivity contribution is 0.314. The molecular formula is C32H41F5O. The first-order valence-electron chi connectivity index (χ1n) is 14.3. The first kappa shape index (κ1) is 30.2. The molecular weight excluding hydrogens is 495 g/mol. The average molecular weight is 537 g/mol. The Hall–Kier alpha value is -2.37. The number of unbranched alkanes of at least 4 members (excludes halogenated alkanes) is 8. The second-order valence-electron chi connectivity index (χ2n) is 10.3. The zero-order valence-electron chi connectivity index (χ0n) is 22.5. The van der Waals surface area contributed by atoms with Crippen LogP contribution in [-0.2, 0) is 0 Å². The van der Waals surface area contributed by atoms with Crippen molar-refractivity contribution in [2.75, 3.05) is 13.3 Å². The van der Waals surface area contributed by atoms with Crippen molar-refractivity contribution in [2.24, 2.45) is 5.92 Å². The smallest absolute Gasteiger partial charge is 0.201 e. The molecule has 1 saturated carbocycles.